The van der Waals surface area contributed by atoms with Gasteiger partial charge in [0.15, 0.2) is 0 Å². The molecule has 0 saturated carbocycles. The van der Waals surface area contributed by atoms with E-state index in [1.54, 1.807) is 11.3 Å². The van der Waals surface area contributed by atoms with Gasteiger partial charge >= 0.3 is 0 Å². The molecule has 1 aliphatic rings. The lowest BCUT2D eigenvalue weighted by atomic mass is 10.1. The summed E-state index contributed by atoms with van der Waals surface area (Å²) in [6.45, 7) is 4.62. The molecule has 1 aromatic heterocycles. The highest BCUT2D eigenvalue weighted by atomic mass is 35.5. The maximum atomic E-state index is 11.7. The number of aryl methyl sites for hydroxylation is 1. The van der Waals surface area contributed by atoms with E-state index in [-0.39, 0.29) is 36.6 Å². The van der Waals surface area contributed by atoms with Crippen molar-refractivity contribution in [2.24, 2.45) is 5.92 Å². The summed E-state index contributed by atoms with van der Waals surface area (Å²) in [6.07, 6.45) is 4.78. The van der Waals surface area contributed by atoms with E-state index in [0.717, 1.165) is 37.4 Å². The summed E-state index contributed by atoms with van der Waals surface area (Å²) in [5.41, 5.74) is 0. The second-order valence-corrected chi connectivity index (χ2v) is 5.50. The Morgan fingerprint density at radius 1 is 1.58 bits per heavy atom. The van der Waals surface area contributed by atoms with Gasteiger partial charge in [-0.3, -0.25) is 4.79 Å². The monoisotopic (exact) mass is 325 g/mol. The Kier molecular flexibility index (Phi) is 9.35. The molecule has 4 nitrogen and oxygen atoms in total. The Hall–Kier alpha value is -0.360. The molecule has 0 aromatic carbocycles. The zero-order chi connectivity index (χ0) is 12.1. The first-order valence-electron chi connectivity index (χ1n) is 6.21. The van der Waals surface area contributed by atoms with Gasteiger partial charge in [-0.05, 0) is 19.4 Å². The number of hydrogen-bond acceptors (Lipinski definition) is 4. The normalized spacial score (nSPS) is 17.4. The van der Waals surface area contributed by atoms with Gasteiger partial charge in [-0.2, -0.15) is 0 Å². The molecule has 0 radical (unpaired) electrons. The number of halogens is 2. The fraction of sp³-hybridized carbons (Fsp3) is 0.667. The Morgan fingerprint density at radius 3 is 2.95 bits per heavy atom. The molecule has 19 heavy (non-hydrogen) atoms. The van der Waals surface area contributed by atoms with Crippen LogP contribution >= 0.6 is 36.2 Å². The molecule has 1 unspecified atom stereocenters. The fourth-order valence-corrected chi connectivity index (χ4v) is 2.80. The predicted octanol–water partition coefficient (Wildman–Crippen LogP) is 1.82. The minimum atomic E-state index is 0. The molecule has 1 atom stereocenters. The lowest BCUT2D eigenvalue weighted by Crippen LogP contribution is -2.33. The second kappa shape index (κ2) is 9.53. The third kappa shape index (κ3) is 5.65. The molecular formula is C12H21Cl2N3OS. The molecule has 0 bridgehead atoms. The van der Waals surface area contributed by atoms with E-state index < -0.39 is 0 Å². The van der Waals surface area contributed by atoms with Gasteiger partial charge in [-0.1, -0.05) is 6.92 Å². The Labute approximate surface area is 130 Å². The van der Waals surface area contributed by atoms with Crippen LogP contribution in [0, 0.1) is 5.92 Å². The van der Waals surface area contributed by atoms with Crippen LogP contribution in [-0.2, 0) is 17.6 Å². The Bertz CT molecular complexity index is 381. The number of amides is 1. The number of rotatable bonds is 5. The maximum Gasteiger partial charge on any atom is 0.224 e. The van der Waals surface area contributed by atoms with Crippen LogP contribution in [-0.4, -0.2) is 30.5 Å². The van der Waals surface area contributed by atoms with Crippen molar-refractivity contribution in [2.45, 2.75) is 26.2 Å². The molecule has 2 heterocycles. The first-order chi connectivity index (χ1) is 8.29. The maximum absolute atomic E-state index is 11.7. The van der Waals surface area contributed by atoms with Gasteiger partial charge in [0.1, 0.15) is 0 Å². The van der Waals surface area contributed by atoms with Crippen LogP contribution in [0.2, 0.25) is 0 Å². The largest absolute Gasteiger partial charge is 0.355 e. The van der Waals surface area contributed by atoms with Gasteiger partial charge in [0, 0.05) is 30.6 Å². The van der Waals surface area contributed by atoms with E-state index in [2.05, 4.69) is 22.5 Å². The van der Waals surface area contributed by atoms with Crippen LogP contribution in [0.3, 0.4) is 0 Å². The molecule has 0 spiro atoms. The number of nitrogens with one attached hydrogen (secondary N) is 2. The standard InChI is InChI=1S/C12H19N3OS.2ClH/c1-2-10-8-15-11(17-10)4-6-14-12(16)9-3-5-13-7-9;;/h8-9,13H,2-7H2,1H3,(H,14,16);2*1H. The van der Waals surface area contributed by atoms with Gasteiger partial charge < -0.3 is 10.6 Å². The number of nitrogens with zero attached hydrogens (tertiary/aromatic N) is 1. The van der Waals surface area contributed by atoms with Gasteiger partial charge in [-0.15, -0.1) is 36.2 Å². The molecule has 1 saturated heterocycles. The molecule has 1 amide bonds. The average molecular weight is 326 g/mol. The van der Waals surface area contributed by atoms with Crippen LogP contribution in [0.15, 0.2) is 6.20 Å². The van der Waals surface area contributed by atoms with Crippen LogP contribution in [0.5, 0.6) is 0 Å². The highest BCUT2D eigenvalue weighted by Gasteiger charge is 2.21. The molecule has 0 aliphatic carbocycles. The summed E-state index contributed by atoms with van der Waals surface area (Å²) in [5, 5.41) is 7.31. The van der Waals surface area contributed by atoms with Crippen molar-refractivity contribution in [3.8, 4) is 0 Å². The van der Waals surface area contributed by atoms with Crippen LogP contribution in [0.1, 0.15) is 23.2 Å². The van der Waals surface area contributed by atoms with Crippen LogP contribution in [0.4, 0.5) is 0 Å². The Morgan fingerprint density at radius 2 is 2.37 bits per heavy atom. The number of carbonyl (C=O) groups excluding carboxylic acids is 1. The zero-order valence-electron chi connectivity index (χ0n) is 11.0. The molecule has 2 N–H and O–H groups in total. The van der Waals surface area contributed by atoms with E-state index in [9.17, 15) is 4.79 Å². The number of carbonyl (C=O) groups is 1. The van der Waals surface area contributed by atoms with Gasteiger partial charge in [0.05, 0.1) is 10.9 Å². The highest BCUT2D eigenvalue weighted by Crippen LogP contribution is 2.13. The van der Waals surface area contributed by atoms with Crippen molar-refractivity contribution >= 4 is 42.1 Å². The lowest BCUT2D eigenvalue weighted by Gasteiger charge is -2.08. The van der Waals surface area contributed by atoms with Crippen molar-refractivity contribution in [1.29, 1.82) is 0 Å². The first-order valence-corrected chi connectivity index (χ1v) is 7.03. The fourth-order valence-electron chi connectivity index (χ4n) is 1.94. The van der Waals surface area contributed by atoms with Crippen molar-refractivity contribution in [3.05, 3.63) is 16.1 Å². The van der Waals surface area contributed by atoms with Gasteiger partial charge in [0.2, 0.25) is 5.91 Å². The summed E-state index contributed by atoms with van der Waals surface area (Å²) in [4.78, 5) is 17.4. The predicted molar refractivity (Wildman–Crippen MR) is 83.7 cm³/mol. The molecule has 2 rings (SSSR count). The van der Waals surface area contributed by atoms with Gasteiger partial charge in [-0.25, -0.2) is 4.98 Å². The van der Waals surface area contributed by atoms with Crippen LogP contribution < -0.4 is 10.6 Å². The topological polar surface area (TPSA) is 54.0 Å². The third-order valence-corrected chi connectivity index (χ3v) is 4.22. The summed E-state index contributed by atoms with van der Waals surface area (Å²) in [7, 11) is 0. The smallest absolute Gasteiger partial charge is 0.224 e. The Balaban J connectivity index is 0.00000162. The molecule has 1 aromatic rings. The summed E-state index contributed by atoms with van der Waals surface area (Å²) < 4.78 is 0. The van der Waals surface area contributed by atoms with Crippen molar-refractivity contribution < 1.29 is 4.79 Å². The minimum Gasteiger partial charge on any atom is -0.355 e. The zero-order valence-corrected chi connectivity index (χ0v) is 13.4. The second-order valence-electron chi connectivity index (χ2n) is 4.30. The summed E-state index contributed by atoms with van der Waals surface area (Å²) in [5.74, 6) is 0.347. The first kappa shape index (κ1) is 18.6. The lowest BCUT2D eigenvalue weighted by molar-refractivity contribution is -0.124. The van der Waals surface area contributed by atoms with Crippen molar-refractivity contribution in [2.75, 3.05) is 19.6 Å². The summed E-state index contributed by atoms with van der Waals surface area (Å²) in [6, 6.07) is 0. The molecular weight excluding hydrogens is 305 g/mol. The SMILES string of the molecule is CCc1cnc(CCNC(=O)C2CCNC2)s1.Cl.Cl. The molecule has 7 heteroatoms. The molecule has 1 fully saturated rings. The summed E-state index contributed by atoms with van der Waals surface area (Å²) >= 11 is 1.74. The van der Waals surface area contributed by atoms with Crippen molar-refractivity contribution in [1.82, 2.24) is 15.6 Å². The number of aromatic nitrogens is 1. The van der Waals surface area contributed by atoms with Crippen LogP contribution in [0.25, 0.3) is 0 Å². The van der Waals surface area contributed by atoms with E-state index in [4.69, 9.17) is 0 Å². The van der Waals surface area contributed by atoms with E-state index >= 15 is 0 Å². The number of hydrogen-bond donors (Lipinski definition) is 2. The average Bonchev–Trinajstić information content (AvgIpc) is 3.00. The quantitative estimate of drug-likeness (QED) is 0.868. The highest BCUT2D eigenvalue weighted by molar-refractivity contribution is 7.11. The molecule has 110 valence electrons. The number of thiazole rings is 1. The third-order valence-electron chi connectivity index (χ3n) is 3.02. The molecule has 1 aliphatic heterocycles. The van der Waals surface area contributed by atoms with Gasteiger partial charge in [0.25, 0.3) is 0 Å². The van der Waals surface area contributed by atoms with E-state index in [0.29, 0.717) is 6.54 Å². The van der Waals surface area contributed by atoms with Crippen molar-refractivity contribution in [3.63, 3.8) is 0 Å². The minimum absolute atomic E-state index is 0. The van der Waals surface area contributed by atoms with E-state index in [1.165, 1.54) is 4.88 Å². The van der Waals surface area contributed by atoms with E-state index in [1.807, 2.05) is 6.20 Å².